The highest BCUT2D eigenvalue weighted by Gasteiger charge is 2.24. The van der Waals surface area contributed by atoms with Gasteiger partial charge in [0.15, 0.2) is 0 Å². The Bertz CT molecular complexity index is 3140. The molecule has 0 unspecified atom stereocenters. The van der Waals surface area contributed by atoms with E-state index < -0.39 is 130 Å². The molecular weight excluding hydrogens is 484 g/mol. The van der Waals surface area contributed by atoms with E-state index in [4.69, 9.17) is 18.1 Å². The Balaban J connectivity index is 1.62. The SMILES string of the molecule is [2H]c1c([2H])c([2H])c2c(c1[2H])-c1c(-c3c4c([2H])c([2H])c([2H])c([2H])c4c(-c4ccc5oc6ccccc6c5c4)c4c([2H])c([2H])c([2H])c([2H])c34)c([2H])c([2H])c([2H])c1C2([2H])[2H]. The lowest BCUT2D eigenvalue weighted by atomic mass is 9.83. The van der Waals surface area contributed by atoms with Crippen LogP contribution < -0.4 is 0 Å². The molecule has 0 atom stereocenters. The molecule has 0 amide bonds. The highest BCUT2D eigenvalue weighted by molar-refractivity contribution is 6.23. The number of hydrogen-bond acceptors (Lipinski definition) is 1. The van der Waals surface area contributed by atoms with E-state index in [2.05, 4.69) is 0 Å². The Labute approximate surface area is 255 Å². The van der Waals surface area contributed by atoms with Crippen LogP contribution in [0.4, 0.5) is 0 Å². The van der Waals surface area contributed by atoms with Gasteiger partial charge < -0.3 is 4.42 Å². The second kappa shape index (κ2) is 8.18. The van der Waals surface area contributed by atoms with E-state index in [1.165, 1.54) is 0 Å². The number of fused-ring (bicyclic) bond motifs is 8. The average Bonchev–Trinajstić information content (AvgIpc) is 3.68. The predicted molar refractivity (Wildman–Crippen MR) is 168 cm³/mol. The van der Waals surface area contributed by atoms with Gasteiger partial charge in [0.1, 0.15) is 11.2 Å². The Hall–Kier alpha value is -5.14. The lowest BCUT2D eigenvalue weighted by Crippen LogP contribution is -1.93. The summed E-state index contributed by atoms with van der Waals surface area (Å²) in [7, 11) is 0. The highest BCUT2D eigenvalue weighted by Crippen LogP contribution is 2.49. The van der Waals surface area contributed by atoms with Gasteiger partial charge in [-0.2, -0.15) is 0 Å². The molecule has 9 rings (SSSR count). The minimum Gasteiger partial charge on any atom is -0.456 e. The minimum absolute atomic E-state index is 0.0148. The summed E-state index contributed by atoms with van der Waals surface area (Å²) in [6.07, 6.45) is -2.84. The van der Waals surface area contributed by atoms with E-state index in [0.717, 1.165) is 0 Å². The molecule has 1 nitrogen and oxygen atoms in total. The van der Waals surface area contributed by atoms with Gasteiger partial charge in [-0.25, -0.2) is 0 Å². The van der Waals surface area contributed by atoms with E-state index in [1.807, 2.05) is 6.07 Å². The Morgan fingerprint density at radius 2 is 1.12 bits per heavy atom. The second-order valence-corrected chi connectivity index (χ2v) is 9.43. The smallest absolute Gasteiger partial charge is 0.135 e. The zero-order valence-corrected chi connectivity index (χ0v) is 20.4. The number of rotatable bonds is 2. The van der Waals surface area contributed by atoms with Crippen molar-refractivity contribution in [3.8, 4) is 33.4 Å². The number of para-hydroxylation sites is 1. The quantitative estimate of drug-likeness (QED) is 0.205. The second-order valence-electron chi connectivity index (χ2n) is 9.43. The molecule has 1 heteroatoms. The molecule has 0 spiro atoms. The zero-order valence-electron chi connectivity index (χ0n) is 37.4. The van der Waals surface area contributed by atoms with Gasteiger partial charge in [0.25, 0.3) is 0 Å². The van der Waals surface area contributed by atoms with E-state index in [0.29, 0.717) is 21.9 Å². The van der Waals surface area contributed by atoms with Crippen molar-refractivity contribution < 1.29 is 27.7 Å². The molecule has 0 saturated carbocycles. The van der Waals surface area contributed by atoms with Crippen molar-refractivity contribution in [2.24, 2.45) is 0 Å². The first kappa shape index (κ1) is 11.2. The topological polar surface area (TPSA) is 13.1 Å². The maximum atomic E-state index is 9.37. The van der Waals surface area contributed by atoms with Crippen LogP contribution in [0.3, 0.4) is 0 Å². The van der Waals surface area contributed by atoms with Crippen molar-refractivity contribution in [3.63, 3.8) is 0 Å². The molecule has 40 heavy (non-hydrogen) atoms. The predicted octanol–water partition coefficient (Wildman–Crippen LogP) is 10.8. The summed E-state index contributed by atoms with van der Waals surface area (Å²) in [5.41, 5.74) is -1.65. The first-order valence-corrected chi connectivity index (χ1v) is 12.5. The summed E-state index contributed by atoms with van der Waals surface area (Å²) in [4.78, 5) is 0. The molecule has 186 valence electrons. The molecule has 0 saturated heterocycles. The maximum absolute atomic E-state index is 9.37. The fraction of sp³-hybridized carbons (Fsp3) is 0.0256. The summed E-state index contributed by atoms with van der Waals surface area (Å²) >= 11 is 0. The van der Waals surface area contributed by atoms with E-state index in [1.54, 1.807) is 36.4 Å². The van der Waals surface area contributed by atoms with Crippen LogP contribution in [-0.2, 0) is 6.37 Å². The molecule has 0 fully saturated rings. The van der Waals surface area contributed by atoms with Crippen molar-refractivity contribution in [1.82, 2.24) is 0 Å². The van der Waals surface area contributed by atoms with Crippen LogP contribution in [0.5, 0.6) is 0 Å². The molecule has 0 N–H and O–H groups in total. The Morgan fingerprint density at radius 3 is 1.93 bits per heavy atom. The summed E-state index contributed by atoms with van der Waals surface area (Å²) in [6, 6.07) is 1.10. The fourth-order valence-corrected chi connectivity index (χ4v) is 5.70. The molecule has 1 aliphatic carbocycles. The lowest BCUT2D eigenvalue weighted by molar-refractivity contribution is 0.669. The first-order valence-electron chi connectivity index (χ1n) is 21.0. The molecule has 0 aliphatic heterocycles. The monoisotopic (exact) mass is 525 g/mol. The van der Waals surface area contributed by atoms with Gasteiger partial charge in [-0.15, -0.1) is 0 Å². The fourth-order valence-electron chi connectivity index (χ4n) is 5.70. The van der Waals surface area contributed by atoms with Crippen LogP contribution in [0.1, 0.15) is 34.4 Å². The third-order valence-corrected chi connectivity index (χ3v) is 7.35. The summed E-state index contributed by atoms with van der Waals surface area (Å²) in [6.45, 7) is 0. The summed E-state index contributed by atoms with van der Waals surface area (Å²) in [5, 5.41) is 0.132. The van der Waals surface area contributed by atoms with Crippen LogP contribution in [0, 0.1) is 0 Å². The maximum Gasteiger partial charge on any atom is 0.135 e. The Morgan fingerprint density at radius 1 is 0.500 bits per heavy atom. The van der Waals surface area contributed by atoms with Crippen LogP contribution >= 0.6 is 0 Å². The van der Waals surface area contributed by atoms with E-state index in [-0.39, 0.29) is 32.7 Å². The van der Waals surface area contributed by atoms with Gasteiger partial charge in [0.2, 0.25) is 0 Å². The molecule has 7 aromatic carbocycles. The van der Waals surface area contributed by atoms with Crippen LogP contribution in [0.15, 0.2) is 138 Å². The molecule has 0 radical (unpaired) electrons. The van der Waals surface area contributed by atoms with Crippen molar-refractivity contribution in [3.05, 3.63) is 144 Å². The normalized spacial score (nSPS) is 19.6. The van der Waals surface area contributed by atoms with Gasteiger partial charge in [-0.05, 0) is 90.6 Å². The van der Waals surface area contributed by atoms with E-state index in [9.17, 15) is 9.60 Å². The van der Waals surface area contributed by atoms with Crippen molar-refractivity contribution in [2.45, 2.75) is 6.37 Å². The molecular formula is C39H24O. The average molecular weight is 526 g/mol. The van der Waals surface area contributed by atoms with Crippen LogP contribution in [0.2, 0.25) is 0 Å². The summed E-state index contributed by atoms with van der Waals surface area (Å²) < 4.78 is 159. The lowest BCUT2D eigenvalue weighted by Gasteiger charge is -2.19. The number of hydrogen-bond donors (Lipinski definition) is 0. The van der Waals surface area contributed by atoms with Crippen molar-refractivity contribution in [1.29, 1.82) is 0 Å². The first-order chi connectivity index (χ1) is 26.8. The highest BCUT2D eigenvalue weighted by atomic mass is 16.3. The van der Waals surface area contributed by atoms with Gasteiger partial charge in [0, 0.05) is 13.5 Å². The van der Waals surface area contributed by atoms with Crippen LogP contribution in [0.25, 0.3) is 76.9 Å². The van der Waals surface area contributed by atoms with Gasteiger partial charge in [-0.1, -0.05) is 115 Å². The standard InChI is InChI=1S/C39H24O/c1-2-12-27-24(10-1)22-25-11-9-18-33(37(25)27)39-31-16-5-3-14-29(31)38(30-15-4-6-17-32(30)39)26-20-21-36-34(23-26)28-13-7-8-19-35(28)40-36/h1-21,23H,22H2/i1D,2D,3D,4D,5D,6D,9D,10D,11D,12D,14D,15D,16D,17D,18D,22D2. The van der Waals surface area contributed by atoms with Crippen molar-refractivity contribution in [2.75, 3.05) is 0 Å². The molecule has 1 heterocycles. The third-order valence-electron chi connectivity index (χ3n) is 7.35. The van der Waals surface area contributed by atoms with Crippen molar-refractivity contribution >= 4 is 43.5 Å². The summed E-state index contributed by atoms with van der Waals surface area (Å²) in [5.74, 6) is 0. The van der Waals surface area contributed by atoms with Gasteiger partial charge in [-0.3, -0.25) is 0 Å². The molecule has 0 bridgehead atoms. The zero-order chi connectivity index (χ0) is 41.1. The number of furan rings is 1. The largest absolute Gasteiger partial charge is 0.456 e. The number of benzene rings is 7. The Kier molecular flexibility index (Phi) is 2.28. The minimum atomic E-state index is -2.84. The van der Waals surface area contributed by atoms with E-state index >= 15 is 0 Å². The molecule has 8 aromatic rings. The third kappa shape index (κ3) is 2.98. The molecule has 1 aliphatic rings. The van der Waals surface area contributed by atoms with Crippen LogP contribution in [-0.4, -0.2) is 0 Å². The van der Waals surface area contributed by atoms with Gasteiger partial charge in [0.05, 0.1) is 20.6 Å². The van der Waals surface area contributed by atoms with Gasteiger partial charge >= 0.3 is 0 Å². The molecule has 1 aromatic heterocycles.